The Morgan fingerprint density at radius 2 is 1.86 bits per heavy atom. The summed E-state index contributed by atoms with van der Waals surface area (Å²) >= 11 is 0. The molecule has 0 bridgehead atoms. The van der Waals surface area contributed by atoms with E-state index in [1.165, 1.54) is 5.56 Å². The summed E-state index contributed by atoms with van der Waals surface area (Å²) in [7, 11) is 0. The fourth-order valence-corrected chi connectivity index (χ4v) is 2.19. The highest BCUT2D eigenvalue weighted by atomic mass is 16.1. The van der Waals surface area contributed by atoms with E-state index in [-0.39, 0.29) is 5.91 Å². The van der Waals surface area contributed by atoms with Gasteiger partial charge in [0.05, 0.1) is 0 Å². The number of nitrogens with one attached hydrogen (secondary N) is 1. The molecule has 0 aliphatic carbocycles. The van der Waals surface area contributed by atoms with Crippen molar-refractivity contribution in [2.75, 3.05) is 11.9 Å². The molecule has 0 aliphatic rings. The van der Waals surface area contributed by atoms with Gasteiger partial charge in [-0.3, -0.25) is 4.79 Å². The molecule has 0 radical (unpaired) electrons. The minimum absolute atomic E-state index is 0.0915. The van der Waals surface area contributed by atoms with Crippen LogP contribution in [0.3, 0.4) is 0 Å². The van der Waals surface area contributed by atoms with Crippen molar-refractivity contribution in [1.29, 1.82) is 0 Å². The van der Waals surface area contributed by atoms with Crippen LogP contribution >= 0.6 is 0 Å². The van der Waals surface area contributed by atoms with Crippen LogP contribution in [-0.2, 0) is 6.42 Å². The van der Waals surface area contributed by atoms with Crippen molar-refractivity contribution < 1.29 is 4.79 Å². The summed E-state index contributed by atoms with van der Waals surface area (Å²) in [5, 5.41) is 2.92. The third-order valence-electron chi connectivity index (χ3n) is 3.46. The van der Waals surface area contributed by atoms with Gasteiger partial charge in [0.25, 0.3) is 5.91 Å². The Hall–Kier alpha value is -2.13. The summed E-state index contributed by atoms with van der Waals surface area (Å²) in [6.45, 7) is 4.88. The average molecular weight is 282 g/mol. The molecule has 3 nitrogen and oxygen atoms in total. The van der Waals surface area contributed by atoms with Crippen LogP contribution in [0.15, 0.2) is 48.5 Å². The number of rotatable bonds is 5. The minimum atomic E-state index is -0.0915. The van der Waals surface area contributed by atoms with E-state index in [0.717, 1.165) is 17.7 Å². The molecule has 0 fully saturated rings. The molecule has 0 saturated heterocycles. The number of anilines is 1. The monoisotopic (exact) mass is 282 g/mol. The molecule has 0 unspecified atom stereocenters. The molecule has 0 aliphatic heterocycles. The number of hydrogen-bond donors (Lipinski definition) is 2. The first kappa shape index (κ1) is 15.3. The van der Waals surface area contributed by atoms with Crippen LogP contribution in [0.5, 0.6) is 0 Å². The van der Waals surface area contributed by atoms with Gasteiger partial charge >= 0.3 is 0 Å². The maximum absolute atomic E-state index is 12.2. The highest BCUT2D eigenvalue weighted by Gasteiger charge is 2.07. The molecule has 0 saturated carbocycles. The summed E-state index contributed by atoms with van der Waals surface area (Å²) in [5.41, 5.74) is 9.37. The van der Waals surface area contributed by atoms with Crippen LogP contribution in [0.25, 0.3) is 0 Å². The highest BCUT2D eigenvalue weighted by molar-refractivity contribution is 6.04. The van der Waals surface area contributed by atoms with E-state index in [2.05, 4.69) is 19.2 Å². The Morgan fingerprint density at radius 3 is 2.48 bits per heavy atom. The van der Waals surface area contributed by atoms with E-state index in [1.54, 1.807) is 0 Å². The lowest BCUT2D eigenvalue weighted by molar-refractivity contribution is 0.102. The third-order valence-corrected chi connectivity index (χ3v) is 3.46. The normalized spacial score (nSPS) is 10.7. The zero-order chi connectivity index (χ0) is 15.2. The average Bonchev–Trinajstić information content (AvgIpc) is 2.48. The third kappa shape index (κ3) is 4.17. The second kappa shape index (κ2) is 7.04. The van der Waals surface area contributed by atoms with Crippen molar-refractivity contribution in [1.82, 2.24) is 0 Å². The van der Waals surface area contributed by atoms with Gasteiger partial charge < -0.3 is 11.1 Å². The van der Waals surface area contributed by atoms with Crippen molar-refractivity contribution in [2.24, 2.45) is 5.73 Å². The zero-order valence-corrected chi connectivity index (χ0v) is 12.6. The molecule has 2 rings (SSSR count). The van der Waals surface area contributed by atoms with Crippen LogP contribution in [0.2, 0.25) is 0 Å². The molecule has 1 amide bonds. The van der Waals surface area contributed by atoms with Crippen LogP contribution in [-0.4, -0.2) is 12.5 Å². The van der Waals surface area contributed by atoms with E-state index in [0.29, 0.717) is 18.0 Å². The topological polar surface area (TPSA) is 55.1 Å². The Labute approximate surface area is 126 Å². The number of benzene rings is 2. The van der Waals surface area contributed by atoms with E-state index < -0.39 is 0 Å². The van der Waals surface area contributed by atoms with Crippen LogP contribution in [0.1, 0.15) is 41.3 Å². The van der Waals surface area contributed by atoms with Crippen molar-refractivity contribution in [3.05, 3.63) is 65.2 Å². The number of amides is 1. The van der Waals surface area contributed by atoms with Gasteiger partial charge in [0.2, 0.25) is 0 Å². The number of nitrogens with two attached hydrogens (primary N) is 1. The fourth-order valence-electron chi connectivity index (χ4n) is 2.19. The lowest BCUT2D eigenvalue weighted by Gasteiger charge is -2.09. The molecule has 0 aromatic heterocycles. The smallest absolute Gasteiger partial charge is 0.255 e. The Balaban J connectivity index is 2.08. The fraction of sp³-hybridized carbons (Fsp3) is 0.278. The quantitative estimate of drug-likeness (QED) is 0.881. The molecule has 21 heavy (non-hydrogen) atoms. The molecule has 0 spiro atoms. The standard InChI is InChI=1S/C18H22N2O/c1-13(2)15-6-8-17(9-7-15)20-18(21)16-5-3-4-14(12-16)10-11-19/h3-9,12-13H,10-11,19H2,1-2H3,(H,20,21). The molecule has 0 atom stereocenters. The summed E-state index contributed by atoms with van der Waals surface area (Å²) in [6, 6.07) is 15.6. The van der Waals surface area contributed by atoms with Gasteiger partial charge in [0, 0.05) is 11.3 Å². The van der Waals surface area contributed by atoms with Gasteiger partial charge in [-0.05, 0) is 54.3 Å². The van der Waals surface area contributed by atoms with Gasteiger partial charge in [-0.25, -0.2) is 0 Å². The van der Waals surface area contributed by atoms with Gasteiger partial charge in [0.15, 0.2) is 0 Å². The van der Waals surface area contributed by atoms with Crippen molar-refractivity contribution in [3.63, 3.8) is 0 Å². The SMILES string of the molecule is CC(C)c1ccc(NC(=O)c2cccc(CCN)c2)cc1. The minimum Gasteiger partial charge on any atom is -0.330 e. The van der Waals surface area contributed by atoms with E-state index in [4.69, 9.17) is 5.73 Å². The molecule has 3 N–H and O–H groups in total. The zero-order valence-electron chi connectivity index (χ0n) is 12.6. The van der Waals surface area contributed by atoms with Crippen LogP contribution < -0.4 is 11.1 Å². The predicted octanol–water partition coefficient (Wildman–Crippen LogP) is 3.56. The van der Waals surface area contributed by atoms with Gasteiger partial charge in [-0.2, -0.15) is 0 Å². The summed E-state index contributed by atoms with van der Waals surface area (Å²) in [5.74, 6) is 0.397. The van der Waals surface area contributed by atoms with Crippen molar-refractivity contribution in [3.8, 4) is 0 Å². The first-order valence-electron chi connectivity index (χ1n) is 7.30. The second-order valence-electron chi connectivity index (χ2n) is 5.47. The Bertz CT molecular complexity index is 603. The first-order valence-corrected chi connectivity index (χ1v) is 7.30. The Kier molecular flexibility index (Phi) is 5.12. The summed E-state index contributed by atoms with van der Waals surface area (Å²) < 4.78 is 0. The molecule has 3 heteroatoms. The summed E-state index contributed by atoms with van der Waals surface area (Å²) in [6.07, 6.45) is 0.782. The maximum atomic E-state index is 12.2. The van der Waals surface area contributed by atoms with E-state index in [9.17, 15) is 4.79 Å². The van der Waals surface area contributed by atoms with Crippen molar-refractivity contribution >= 4 is 11.6 Å². The molecule has 110 valence electrons. The lowest BCUT2D eigenvalue weighted by Crippen LogP contribution is -2.12. The molecular weight excluding hydrogens is 260 g/mol. The predicted molar refractivity (Wildman–Crippen MR) is 87.7 cm³/mol. The molecule has 0 heterocycles. The molecule has 2 aromatic carbocycles. The van der Waals surface area contributed by atoms with E-state index >= 15 is 0 Å². The molecule has 2 aromatic rings. The lowest BCUT2D eigenvalue weighted by atomic mass is 10.0. The number of carbonyl (C=O) groups excluding carboxylic acids is 1. The van der Waals surface area contributed by atoms with Crippen LogP contribution in [0.4, 0.5) is 5.69 Å². The van der Waals surface area contributed by atoms with Gasteiger partial charge in [0.1, 0.15) is 0 Å². The maximum Gasteiger partial charge on any atom is 0.255 e. The highest BCUT2D eigenvalue weighted by Crippen LogP contribution is 2.18. The van der Waals surface area contributed by atoms with Crippen LogP contribution in [0, 0.1) is 0 Å². The number of carbonyl (C=O) groups is 1. The second-order valence-corrected chi connectivity index (χ2v) is 5.47. The first-order chi connectivity index (χ1) is 10.1. The Morgan fingerprint density at radius 1 is 1.14 bits per heavy atom. The van der Waals surface area contributed by atoms with Crippen molar-refractivity contribution in [2.45, 2.75) is 26.2 Å². The summed E-state index contributed by atoms with van der Waals surface area (Å²) in [4.78, 5) is 12.2. The molecular formula is C18H22N2O. The van der Waals surface area contributed by atoms with Gasteiger partial charge in [-0.1, -0.05) is 38.1 Å². The largest absolute Gasteiger partial charge is 0.330 e. The number of hydrogen-bond acceptors (Lipinski definition) is 2. The van der Waals surface area contributed by atoms with Gasteiger partial charge in [-0.15, -0.1) is 0 Å². The van der Waals surface area contributed by atoms with E-state index in [1.807, 2.05) is 48.5 Å².